The summed E-state index contributed by atoms with van der Waals surface area (Å²) >= 11 is 12.9. The van der Waals surface area contributed by atoms with Crippen LogP contribution in [0.4, 0.5) is 17.1 Å². The fraction of sp³-hybridized carbons (Fsp3) is 0.325. The molecule has 296 valence electrons. The molecular weight excluding hydrogens is 779 g/mol. The number of amides is 2. The van der Waals surface area contributed by atoms with Crippen LogP contribution in [0.1, 0.15) is 63.1 Å². The Kier molecular flexibility index (Phi) is 14.5. The number of rotatable bonds is 18. The molecular formula is C40H44Cl2N6O7S. The number of furan rings is 1. The van der Waals surface area contributed by atoms with Crippen molar-refractivity contribution in [1.82, 2.24) is 14.3 Å². The summed E-state index contributed by atoms with van der Waals surface area (Å²) < 4.78 is 34.2. The number of aliphatic imine (C=N–C) groups is 1. The zero-order chi connectivity index (χ0) is 40.4. The third-order valence-electron chi connectivity index (χ3n) is 9.04. The first-order valence-electron chi connectivity index (χ1n) is 18.2. The lowest BCUT2D eigenvalue weighted by atomic mass is 10.1. The number of benzene rings is 3. The first kappa shape index (κ1) is 42.1. The van der Waals surface area contributed by atoms with Crippen molar-refractivity contribution in [3.05, 3.63) is 111 Å². The average Bonchev–Trinajstić information content (AvgIpc) is 3.68. The van der Waals surface area contributed by atoms with Crippen LogP contribution >= 0.6 is 23.2 Å². The van der Waals surface area contributed by atoms with Gasteiger partial charge in [-0.3, -0.25) is 19.0 Å². The summed E-state index contributed by atoms with van der Waals surface area (Å²) in [5.41, 5.74) is 1.76. The van der Waals surface area contributed by atoms with E-state index in [0.717, 1.165) is 62.6 Å². The molecule has 2 heterocycles. The van der Waals surface area contributed by atoms with E-state index in [1.807, 2.05) is 47.7 Å². The topological polar surface area (TPSA) is 176 Å². The second-order valence-electron chi connectivity index (χ2n) is 13.1. The van der Waals surface area contributed by atoms with Gasteiger partial charge in [0.25, 0.3) is 21.5 Å². The maximum atomic E-state index is 14.5. The quantitative estimate of drug-likeness (QED) is 0.0610. The molecule has 0 fully saturated rings. The van der Waals surface area contributed by atoms with Crippen molar-refractivity contribution in [2.24, 2.45) is 4.99 Å². The van der Waals surface area contributed by atoms with E-state index < -0.39 is 26.7 Å². The fourth-order valence-electron chi connectivity index (χ4n) is 6.24. The second kappa shape index (κ2) is 19.2. The van der Waals surface area contributed by atoms with Gasteiger partial charge >= 0.3 is 0 Å². The second-order valence-corrected chi connectivity index (χ2v) is 15.6. The summed E-state index contributed by atoms with van der Waals surface area (Å²) in [6.07, 6.45) is 6.83. The number of aryl methyl sites for hydroxylation is 2. The standard InChI is InChI=1S/C40H44Cl2N6O7S/c1-4-47(20-21-49)28-17-18-33(26(2)23-28)43-37(39(51)45-35-24-32(42)36(25-31(35)41)56(53,54)46-27(3)50)38-44-34-16-10-9-15-30(34)40(52)48(38)19-11-7-5-6-8-13-29-14-12-22-55-29/h9-10,12,14-18,22-25,49H,4-8,11,13,19-21H2,1-3H3,(H,45,51)(H,46,50)/b43-37+. The van der Waals surface area contributed by atoms with Gasteiger partial charge in [0.05, 0.1) is 45.2 Å². The van der Waals surface area contributed by atoms with E-state index in [1.54, 1.807) is 36.6 Å². The van der Waals surface area contributed by atoms with Crippen LogP contribution in [0.5, 0.6) is 0 Å². The van der Waals surface area contributed by atoms with Gasteiger partial charge in [-0.05, 0) is 86.8 Å². The van der Waals surface area contributed by atoms with E-state index in [4.69, 9.17) is 37.6 Å². The number of nitrogens with one attached hydrogen (secondary N) is 2. The minimum Gasteiger partial charge on any atom is -0.469 e. The summed E-state index contributed by atoms with van der Waals surface area (Å²) in [6, 6.07) is 18.3. The maximum Gasteiger partial charge on any atom is 0.278 e. The van der Waals surface area contributed by atoms with Crippen molar-refractivity contribution in [3.63, 3.8) is 0 Å². The van der Waals surface area contributed by atoms with Gasteiger partial charge in [0, 0.05) is 38.7 Å². The minimum atomic E-state index is -4.36. The van der Waals surface area contributed by atoms with Gasteiger partial charge in [-0.25, -0.2) is 23.1 Å². The minimum absolute atomic E-state index is 0.0232. The molecule has 0 radical (unpaired) electrons. The van der Waals surface area contributed by atoms with Crippen LogP contribution in [-0.2, 0) is 32.6 Å². The van der Waals surface area contributed by atoms with Crippen LogP contribution in [0.25, 0.3) is 10.9 Å². The first-order chi connectivity index (χ1) is 26.8. The van der Waals surface area contributed by atoms with Gasteiger partial charge in [0.1, 0.15) is 10.7 Å². The Balaban J connectivity index is 1.55. The molecule has 0 saturated heterocycles. The maximum absolute atomic E-state index is 14.5. The summed E-state index contributed by atoms with van der Waals surface area (Å²) in [7, 11) is -4.36. The number of likely N-dealkylation sites (N-methyl/N-ethyl adjacent to an activating group) is 1. The van der Waals surface area contributed by atoms with E-state index in [9.17, 15) is 27.9 Å². The lowest BCUT2D eigenvalue weighted by molar-refractivity contribution is -0.117. The highest BCUT2D eigenvalue weighted by atomic mass is 35.5. The number of carbonyl (C=O) groups excluding carboxylic acids is 2. The number of fused-ring (bicyclic) bond motifs is 1. The molecule has 0 aliphatic heterocycles. The van der Waals surface area contributed by atoms with Crippen LogP contribution in [0.3, 0.4) is 0 Å². The number of hydrogen-bond acceptors (Lipinski definition) is 10. The number of unbranched alkanes of at least 4 members (excludes halogenated alkanes) is 4. The molecule has 5 aromatic rings. The number of carbonyl (C=O) groups is 2. The van der Waals surface area contributed by atoms with Crippen molar-refractivity contribution >= 4 is 78.7 Å². The Labute approximate surface area is 335 Å². The number of aromatic nitrogens is 2. The number of sulfonamides is 1. The average molecular weight is 824 g/mol. The van der Waals surface area contributed by atoms with Gasteiger partial charge in [-0.15, -0.1) is 0 Å². The van der Waals surface area contributed by atoms with E-state index >= 15 is 0 Å². The van der Waals surface area contributed by atoms with Crippen molar-refractivity contribution < 1.29 is 27.5 Å². The van der Waals surface area contributed by atoms with Gasteiger partial charge in [-0.1, -0.05) is 54.6 Å². The van der Waals surface area contributed by atoms with Crippen molar-refractivity contribution in [2.75, 3.05) is 29.9 Å². The SMILES string of the molecule is CCN(CCO)c1ccc(/N=C(/C(=O)Nc2cc(Cl)c(S(=O)(=O)NC(C)=O)cc2Cl)c2nc3ccccc3c(=O)n2CCCCCCCc2ccco2)c(C)c1. The van der Waals surface area contributed by atoms with Gasteiger partial charge in [0.2, 0.25) is 5.91 Å². The highest BCUT2D eigenvalue weighted by Gasteiger charge is 2.26. The molecule has 16 heteroatoms. The van der Waals surface area contributed by atoms with Crippen molar-refractivity contribution in [2.45, 2.75) is 70.7 Å². The molecule has 56 heavy (non-hydrogen) atoms. The smallest absolute Gasteiger partial charge is 0.278 e. The van der Waals surface area contributed by atoms with Crippen LogP contribution in [0.2, 0.25) is 10.0 Å². The Morgan fingerprint density at radius 2 is 1.73 bits per heavy atom. The molecule has 0 bridgehead atoms. The molecule has 0 unspecified atom stereocenters. The Hall–Kier alpha value is -5.02. The van der Waals surface area contributed by atoms with Gasteiger partial charge in [0.15, 0.2) is 11.5 Å². The Bertz CT molecular complexity index is 2400. The van der Waals surface area contributed by atoms with Crippen LogP contribution in [0.15, 0.2) is 92.1 Å². The first-order valence-corrected chi connectivity index (χ1v) is 20.5. The molecule has 0 aliphatic rings. The molecule has 3 aromatic carbocycles. The van der Waals surface area contributed by atoms with Crippen LogP contribution in [0, 0.1) is 6.92 Å². The molecule has 3 N–H and O–H groups in total. The zero-order valence-corrected chi connectivity index (χ0v) is 33.7. The van der Waals surface area contributed by atoms with Crippen LogP contribution < -0.4 is 20.5 Å². The van der Waals surface area contributed by atoms with Crippen molar-refractivity contribution in [3.8, 4) is 0 Å². The van der Waals surface area contributed by atoms with Gasteiger partial charge < -0.3 is 19.7 Å². The molecule has 13 nitrogen and oxygen atoms in total. The summed E-state index contributed by atoms with van der Waals surface area (Å²) in [5.74, 6) is -0.655. The van der Waals surface area contributed by atoms with Gasteiger partial charge in [-0.2, -0.15) is 0 Å². The number of nitrogens with zero attached hydrogens (tertiary/aromatic N) is 4. The third kappa shape index (κ3) is 10.4. The number of hydrogen-bond donors (Lipinski definition) is 3. The molecule has 2 aromatic heterocycles. The summed E-state index contributed by atoms with van der Waals surface area (Å²) in [5, 5.41) is 12.1. The monoisotopic (exact) mass is 822 g/mol. The number of aliphatic hydroxyl groups is 1. The van der Waals surface area contributed by atoms with E-state index in [1.165, 1.54) is 4.57 Å². The Morgan fingerprint density at radius 1 is 0.982 bits per heavy atom. The largest absolute Gasteiger partial charge is 0.469 e. The van der Waals surface area contributed by atoms with Crippen molar-refractivity contribution in [1.29, 1.82) is 0 Å². The zero-order valence-electron chi connectivity index (χ0n) is 31.3. The number of para-hydroxylation sites is 1. The van der Waals surface area contributed by atoms with Crippen LogP contribution in [-0.4, -0.2) is 60.3 Å². The lowest BCUT2D eigenvalue weighted by Crippen LogP contribution is -2.34. The number of anilines is 2. The van der Waals surface area contributed by atoms with E-state index in [-0.39, 0.29) is 46.0 Å². The predicted octanol–water partition coefficient (Wildman–Crippen LogP) is 7.20. The molecule has 2 amide bonds. The highest BCUT2D eigenvalue weighted by Crippen LogP contribution is 2.33. The summed E-state index contributed by atoms with van der Waals surface area (Å²) in [4.78, 5) is 51.3. The Morgan fingerprint density at radius 3 is 2.43 bits per heavy atom. The summed E-state index contributed by atoms with van der Waals surface area (Å²) in [6.45, 7) is 6.16. The fourth-order valence-corrected chi connectivity index (χ4v) is 8.06. The highest BCUT2D eigenvalue weighted by molar-refractivity contribution is 7.90. The lowest BCUT2D eigenvalue weighted by Gasteiger charge is -2.22. The third-order valence-corrected chi connectivity index (χ3v) is 11.3. The molecule has 0 saturated carbocycles. The normalized spacial score (nSPS) is 11.9. The number of aliphatic hydroxyl groups excluding tert-OH is 1. The van der Waals surface area contributed by atoms with E-state index in [0.29, 0.717) is 41.7 Å². The number of halogens is 2. The molecule has 0 aliphatic carbocycles. The predicted molar refractivity (Wildman–Crippen MR) is 220 cm³/mol. The van der Waals surface area contributed by atoms with E-state index in [2.05, 4.69) is 5.32 Å². The molecule has 0 spiro atoms. The molecule has 5 rings (SSSR count). The molecule has 0 atom stereocenters.